The summed E-state index contributed by atoms with van der Waals surface area (Å²) in [4.78, 5) is 16.1. The minimum Gasteiger partial charge on any atom is -0.356 e. The molecule has 3 N–H and O–H groups in total. The van der Waals surface area contributed by atoms with Crippen molar-refractivity contribution < 1.29 is 4.79 Å². The molecular formula is C20H27IN4O. The number of carbonyl (C=O) groups is 1. The van der Waals surface area contributed by atoms with Crippen molar-refractivity contribution in [2.75, 3.05) is 20.1 Å². The molecule has 0 aliphatic carbocycles. The van der Waals surface area contributed by atoms with Crippen LogP contribution in [0.25, 0.3) is 0 Å². The van der Waals surface area contributed by atoms with Gasteiger partial charge in [0.25, 0.3) is 5.91 Å². The van der Waals surface area contributed by atoms with Crippen LogP contribution < -0.4 is 16.0 Å². The fourth-order valence-corrected chi connectivity index (χ4v) is 2.30. The Bertz CT molecular complexity index is 687. The molecule has 0 saturated carbocycles. The van der Waals surface area contributed by atoms with E-state index in [0.29, 0.717) is 12.1 Å². The quantitative estimate of drug-likeness (QED) is 0.254. The molecule has 2 aromatic carbocycles. The summed E-state index contributed by atoms with van der Waals surface area (Å²) in [5.41, 5.74) is 3.15. The van der Waals surface area contributed by atoms with Gasteiger partial charge in [0.2, 0.25) is 0 Å². The molecule has 0 saturated heterocycles. The van der Waals surface area contributed by atoms with Crippen LogP contribution in [0.1, 0.15) is 27.9 Å². The number of carbonyl (C=O) groups excluding carboxylic acids is 1. The molecule has 0 aromatic heterocycles. The van der Waals surface area contributed by atoms with E-state index in [4.69, 9.17) is 0 Å². The maximum atomic E-state index is 11.9. The molecule has 2 aromatic rings. The topological polar surface area (TPSA) is 65.5 Å². The van der Waals surface area contributed by atoms with E-state index in [1.54, 1.807) is 7.05 Å². The Morgan fingerprint density at radius 3 is 2.23 bits per heavy atom. The van der Waals surface area contributed by atoms with Gasteiger partial charge in [-0.15, -0.1) is 24.0 Å². The van der Waals surface area contributed by atoms with Crippen LogP contribution in [-0.2, 0) is 6.54 Å². The molecule has 5 nitrogen and oxygen atoms in total. The van der Waals surface area contributed by atoms with Crippen molar-refractivity contribution in [3.05, 3.63) is 71.3 Å². The molecular weight excluding hydrogens is 439 g/mol. The van der Waals surface area contributed by atoms with Gasteiger partial charge in [0.15, 0.2) is 5.96 Å². The highest BCUT2D eigenvalue weighted by Crippen LogP contribution is 2.02. The predicted molar refractivity (Wildman–Crippen MR) is 118 cm³/mol. The molecule has 0 heterocycles. The van der Waals surface area contributed by atoms with E-state index in [9.17, 15) is 4.79 Å². The smallest absolute Gasteiger partial charge is 0.251 e. The van der Waals surface area contributed by atoms with Gasteiger partial charge in [-0.2, -0.15) is 0 Å². The SMILES string of the molecule is CN=C(NCCCNC(=O)c1ccccc1)NCc1ccc(C)cc1.I. The number of amides is 1. The van der Waals surface area contributed by atoms with Crippen molar-refractivity contribution in [3.63, 3.8) is 0 Å². The molecule has 0 atom stereocenters. The van der Waals surface area contributed by atoms with Crippen LogP contribution >= 0.6 is 24.0 Å². The van der Waals surface area contributed by atoms with E-state index in [-0.39, 0.29) is 29.9 Å². The first-order valence-electron chi connectivity index (χ1n) is 8.52. The molecule has 0 spiro atoms. The summed E-state index contributed by atoms with van der Waals surface area (Å²) < 4.78 is 0. The maximum absolute atomic E-state index is 11.9. The zero-order valence-corrected chi connectivity index (χ0v) is 17.6. The van der Waals surface area contributed by atoms with Crippen molar-refractivity contribution in [2.45, 2.75) is 19.9 Å². The van der Waals surface area contributed by atoms with E-state index in [2.05, 4.69) is 52.1 Å². The first-order chi connectivity index (χ1) is 12.2. The number of nitrogens with one attached hydrogen (secondary N) is 3. The highest BCUT2D eigenvalue weighted by molar-refractivity contribution is 14.0. The molecule has 140 valence electrons. The van der Waals surface area contributed by atoms with Gasteiger partial charge in [-0.1, -0.05) is 48.0 Å². The maximum Gasteiger partial charge on any atom is 0.251 e. The zero-order valence-electron chi connectivity index (χ0n) is 15.3. The van der Waals surface area contributed by atoms with Crippen molar-refractivity contribution in [3.8, 4) is 0 Å². The van der Waals surface area contributed by atoms with E-state index in [1.165, 1.54) is 11.1 Å². The summed E-state index contributed by atoms with van der Waals surface area (Å²) in [5.74, 6) is 0.720. The van der Waals surface area contributed by atoms with Gasteiger partial charge in [-0.25, -0.2) is 0 Å². The number of hydrogen-bond donors (Lipinski definition) is 3. The minimum absolute atomic E-state index is 0. The van der Waals surface area contributed by atoms with Crippen LogP contribution in [0.4, 0.5) is 0 Å². The molecule has 6 heteroatoms. The lowest BCUT2D eigenvalue weighted by molar-refractivity contribution is 0.0953. The Morgan fingerprint density at radius 2 is 1.58 bits per heavy atom. The zero-order chi connectivity index (χ0) is 17.9. The molecule has 0 radical (unpaired) electrons. The van der Waals surface area contributed by atoms with Crippen molar-refractivity contribution in [1.29, 1.82) is 0 Å². The highest BCUT2D eigenvalue weighted by Gasteiger charge is 2.03. The third-order valence-corrected chi connectivity index (χ3v) is 3.77. The minimum atomic E-state index is -0.0394. The Morgan fingerprint density at radius 1 is 0.923 bits per heavy atom. The molecule has 26 heavy (non-hydrogen) atoms. The lowest BCUT2D eigenvalue weighted by Gasteiger charge is -2.12. The summed E-state index contributed by atoms with van der Waals surface area (Å²) >= 11 is 0. The Hall–Kier alpha value is -2.09. The summed E-state index contributed by atoms with van der Waals surface area (Å²) in [7, 11) is 1.75. The van der Waals surface area contributed by atoms with E-state index < -0.39 is 0 Å². The van der Waals surface area contributed by atoms with Gasteiger partial charge in [-0.05, 0) is 31.0 Å². The average molecular weight is 466 g/mol. The second kappa shape index (κ2) is 12.3. The average Bonchev–Trinajstić information content (AvgIpc) is 2.65. The number of benzene rings is 2. The van der Waals surface area contributed by atoms with E-state index in [0.717, 1.165) is 25.5 Å². The molecule has 0 aliphatic heterocycles. The molecule has 2 rings (SSSR count). The van der Waals surface area contributed by atoms with E-state index in [1.807, 2.05) is 30.3 Å². The largest absolute Gasteiger partial charge is 0.356 e. The summed E-state index contributed by atoms with van der Waals surface area (Å²) in [5, 5.41) is 9.45. The third kappa shape index (κ3) is 7.86. The normalized spacial score (nSPS) is 10.6. The molecule has 0 fully saturated rings. The number of aliphatic imine (C=N–C) groups is 1. The summed E-state index contributed by atoms with van der Waals surface area (Å²) in [6, 6.07) is 17.7. The van der Waals surface area contributed by atoms with Crippen LogP contribution in [0.5, 0.6) is 0 Å². The van der Waals surface area contributed by atoms with Crippen LogP contribution in [0, 0.1) is 6.92 Å². The van der Waals surface area contributed by atoms with Gasteiger partial charge >= 0.3 is 0 Å². The second-order valence-electron chi connectivity index (χ2n) is 5.81. The fraction of sp³-hybridized carbons (Fsp3) is 0.300. The summed E-state index contributed by atoms with van der Waals surface area (Å²) in [6.07, 6.45) is 0.823. The fourth-order valence-electron chi connectivity index (χ4n) is 2.30. The van der Waals surface area contributed by atoms with E-state index >= 15 is 0 Å². The van der Waals surface area contributed by atoms with Crippen LogP contribution in [0.15, 0.2) is 59.6 Å². The molecule has 0 aliphatic rings. The van der Waals surface area contributed by atoms with Gasteiger partial charge in [-0.3, -0.25) is 9.79 Å². The molecule has 0 unspecified atom stereocenters. The second-order valence-corrected chi connectivity index (χ2v) is 5.81. The lowest BCUT2D eigenvalue weighted by atomic mass is 10.1. The molecule has 0 bridgehead atoms. The Balaban J connectivity index is 0.00000338. The van der Waals surface area contributed by atoms with Crippen molar-refractivity contribution in [2.24, 2.45) is 4.99 Å². The third-order valence-electron chi connectivity index (χ3n) is 3.77. The first-order valence-corrected chi connectivity index (χ1v) is 8.52. The van der Waals surface area contributed by atoms with Gasteiger partial charge < -0.3 is 16.0 Å². The highest BCUT2D eigenvalue weighted by atomic mass is 127. The van der Waals surface area contributed by atoms with Crippen molar-refractivity contribution >= 4 is 35.8 Å². The Labute approximate surface area is 172 Å². The number of aryl methyl sites for hydroxylation is 1. The van der Waals surface area contributed by atoms with Crippen molar-refractivity contribution in [1.82, 2.24) is 16.0 Å². The van der Waals surface area contributed by atoms with Crippen LogP contribution in [0.3, 0.4) is 0 Å². The van der Waals surface area contributed by atoms with Crippen LogP contribution in [0.2, 0.25) is 0 Å². The lowest BCUT2D eigenvalue weighted by Crippen LogP contribution is -2.38. The number of nitrogens with zero attached hydrogens (tertiary/aromatic N) is 1. The Kier molecular flexibility index (Phi) is 10.4. The molecule has 1 amide bonds. The van der Waals surface area contributed by atoms with Gasteiger partial charge in [0, 0.05) is 32.2 Å². The van der Waals surface area contributed by atoms with Gasteiger partial charge in [0.1, 0.15) is 0 Å². The standard InChI is InChI=1S/C20H26N4O.HI/c1-16-9-11-17(12-10-16)15-24-20(21-2)23-14-6-13-22-19(25)18-7-4-3-5-8-18;/h3-5,7-12H,6,13-15H2,1-2H3,(H,22,25)(H2,21,23,24);1H. The number of guanidine groups is 1. The number of rotatable bonds is 7. The summed E-state index contributed by atoms with van der Waals surface area (Å²) in [6.45, 7) is 4.16. The first kappa shape index (κ1) is 22.0. The number of halogens is 1. The van der Waals surface area contributed by atoms with Gasteiger partial charge in [0.05, 0.1) is 0 Å². The number of hydrogen-bond acceptors (Lipinski definition) is 2. The van der Waals surface area contributed by atoms with Crippen LogP contribution in [-0.4, -0.2) is 32.0 Å². The predicted octanol–water partition coefficient (Wildman–Crippen LogP) is 3.10. The monoisotopic (exact) mass is 466 g/mol.